The van der Waals surface area contributed by atoms with E-state index >= 15 is 0 Å². The molecule has 0 aromatic heterocycles. The Morgan fingerprint density at radius 3 is 2.50 bits per heavy atom. The van der Waals surface area contributed by atoms with E-state index in [1.807, 2.05) is 12.1 Å². The van der Waals surface area contributed by atoms with Crippen LogP contribution in [0, 0.1) is 6.92 Å². The van der Waals surface area contributed by atoms with Gasteiger partial charge in [0.05, 0.1) is 0 Å². The molecule has 12 heavy (non-hydrogen) atoms. The van der Waals surface area contributed by atoms with E-state index in [0.29, 0.717) is 0 Å². The maximum atomic E-state index is 5.64. The van der Waals surface area contributed by atoms with E-state index in [4.69, 9.17) is 5.73 Å². The molecule has 0 spiro atoms. The Kier molecular flexibility index (Phi) is 2.71. The number of aryl methyl sites for hydroxylation is 1. The lowest BCUT2D eigenvalue weighted by Crippen LogP contribution is -2.11. The molecule has 2 nitrogen and oxygen atoms in total. The first-order valence-electron chi connectivity index (χ1n) is 4.09. The molecule has 0 fully saturated rings. The number of nitrogen functional groups attached to an aromatic ring is 1. The van der Waals surface area contributed by atoms with Gasteiger partial charge in [-0.2, -0.15) is 0 Å². The second-order valence-electron chi connectivity index (χ2n) is 3.42. The summed E-state index contributed by atoms with van der Waals surface area (Å²) in [5.41, 5.74) is 9.10. The van der Waals surface area contributed by atoms with Gasteiger partial charge in [-0.3, -0.25) is 0 Å². The third-order valence-corrected chi connectivity index (χ3v) is 1.85. The Morgan fingerprint density at radius 1 is 1.33 bits per heavy atom. The maximum Gasteiger partial charge on any atom is 0.0316 e. The topological polar surface area (TPSA) is 29.3 Å². The number of benzene rings is 1. The van der Waals surface area contributed by atoms with Gasteiger partial charge in [-0.1, -0.05) is 6.07 Å². The molecule has 0 atom stereocenters. The van der Waals surface area contributed by atoms with E-state index < -0.39 is 0 Å². The summed E-state index contributed by atoms with van der Waals surface area (Å²) in [6.07, 6.45) is 0. The molecular formula is C10H16N2. The lowest BCUT2D eigenvalue weighted by Gasteiger charge is -2.12. The molecule has 0 unspecified atom stereocenters. The first-order chi connectivity index (χ1) is 5.59. The molecule has 0 aliphatic rings. The Labute approximate surface area is 74.0 Å². The number of anilines is 1. The van der Waals surface area contributed by atoms with E-state index in [0.717, 1.165) is 12.2 Å². The standard InChI is InChI=1S/C10H16N2/c1-8-6-10(11)5-4-9(8)7-12(2)3/h4-6H,7,11H2,1-3H3. The van der Waals surface area contributed by atoms with Crippen LogP contribution in [0.5, 0.6) is 0 Å². The fourth-order valence-electron chi connectivity index (χ4n) is 1.24. The van der Waals surface area contributed by atoms with Crippen molar-refractivity contribution in [2.45, 2.75) is 13.5 Å². The number of nitrogens with two attached hydrogens (primary N) is 1. The van der Waals surface area contributed by atoms with Crippen LogP contribution >= 0.6 is 0 Å². The molecule has 1 rings (SSSR count). The zero-order chi connectivity index (χ0) is 9.14. The van der Waals surface area contributed by atoms with Gasteiger partial charge in [-0.15, -0.1) is 0 Å². The first kappa shape index (κ1) is 9.07. The van der Waals surface area contributed by atoms with Crippen LogP contribution in [0.3, 0.4) is 0 Å². The minimum Gasteiger partial charge on any atom is -0.399 e. The van der Waals surface area contributed by atoms with Gasteiger partial charge in [0, 0.05) is 12.2 Å². The van der Waals surface area contributed by atoms with Gasteiger partial charge in [0.15, 0.2) is 0 Å². The third-order valence-electron chi connectivity index (χ3n) is 1.85. The highest BCUT2D eigenvalue weighted by molar-refractivity contribution is 5.44. The van der Waals surface area contributed by atoms with Crippen LogP contribution in [0.4, 0.5) is 5.69 Å². The number of rotatable bonds is 2. The minimum absolute atomic E-state index is 0.843. The lowest BCUT2D eigenvalue weighted by atomic mass is 10.1. The SMILES string of the molecule is Cc1cc(N)ccc1CN(C)C. The Morgan fingerprint density at radius 2 is 2.00 bits per heavy atom. The van der Waals surface area contributed by atoms with Gasteiger partial charge < -0.3 is 10.6 Å². The fourth-order valence-corrected chi connectivity index (χ4v) is 1.24. The summed E-state index contributed by atoms with van der Waals surface area (Å²) in [7, 11) is 4.13. The second-order valence-corrected chi connectivity index (χ2v) is 3.42. The highest BCUT2D eigenvalue weighted by Crippen LogP contribution is 2.13. The van der Waals surface area contributed by atoms with Crippen LogP contribution in [-0.4, -0.2) is 19.0 Å². The molecule has 2 heteroatoms. The molecule has 0 aliphatic heterocycles. The fraction of sp³-hybridized carbons (Fsp3) is 0.400. The second kappa shape index (κ2) is 3.59. The van der Waals surface area contributed by atoms with E-state index in [2.05, 4.69) is 32.0 Å². The van der Waals surface area contributed by atoms with Crippen molar-refractivity contribution in [1.82, 2.24) is 4.90 Å². The van der Waals surface area contributed by atoms with Crippen molar-refractivity contribution in [3.63, 3.8) is 0 Å². The maximum absolute atomic E-state index is 5.64. The summed E-state index contributed by atoms with van der Waals surface area (Å²) in [4.78, 5) is 2.15. The number of hydrogen-bond acceptors (Lipinski definition) is 2. The lowest BCUT2D eigenvalue weighted by molar-refractivity contribution is 0.401. The van der Waals surface area contributed by atoms with Crippen LogP contribution < -0.4 is 5.73 Å². The van der Waals surface area contributed by atoms with Gasteiger partial charge in [0.2, 0.25) is 0 Å². The zero-order valence-corrected chi connectivity index (χ0v) is 7.96. The monoisotopic (exact) mass is 164 g/mol. The third kappa shape index (κ3) is 2.24. The van der Waals surface area contributed by atoms with E-state index in [1.165, 1.54) is 11.1 Å². The average molecular weight is 164 g/mol. The highest BCUT2D eigenvalue weighted by atomic mass is 15.0. The molecule has 0 heterocycles. The van der Waals surface area contributed by atoms with Crippen molar-refractivity contribution in [2.75, 3.05) is 19.8 Å². The Hall–Kier alpha value is -1.02. The van der Waals surface area contributed by atoms with Crippen molar-refractivity contribution in [3.8, 4) is 0 Å². The van der Waals surface area contributed by atoms with Crippen LogP contribution in [0.25, 0.3) is 0 Å². The quantitative estimate of drug-likeness (QED) is 0.673. The molecular weight excluding hydrogens is 148 g/mol. The summed E-state index contributed by atoms with van der Waals surface area (Å²) in [6, 6.07) is 6.05. The van der Waals surface area contributed by atoms with E-state index in [9.17, 15) is 0 Å². The molecule has 0 amide bonds. The van der Waals surface area contributed by atoms with Gasteiger partial charge in [0.25, 0.3) is 0 Å². The molecule has 1 aromatic rings. The molecule has 1 aromatic carbocycles. The molecule has 66 valence electrons. The van der Waals surface area contributed by atoms with E-state index in [1.54, 1.807) is 0 Å². The van der Waals surface area contributed by atoms with Crippen molar-refractivity contribution >= 4 is 5.69 Å². The molecule has 0 aliphatic carbocycles. The van der Waals surface area contributed by atoms with Crippen molar-refractivity contribution in [1.29, 1.82) is 0 Å². The predicted octanol–water partition coefficient (Wildman–Crippen LogP) is 1.64. The van der Waals surface area contributed by atoms with Crippen LogP contribution in [0.1, 0.15) is 11.1 Å². The van der Waals surface area contributed by atoms with Gasteiger partial charge in [-0.05, 0) is 44.3 Å². The summed E-state index contributed by atoms with van der Waals surface area (Å²) < 4.78 is 0. The largest absolute Gasteiger partial charge is 0.399 e. The van der Waals surface area contributed by atoms with Crippen LogP contribution in [0.15, 0.2) is 18.2 Å². The van der Waals surface area contributed by atoms with Crippen LogP contribution in [0.2, 0.25) is 0 Å². The van der Waals surface area contributed by atoms with Gasteiger partial charge in [-0.25, -0.2) is 0 Å². The molecule has 0 radical (unpaired) electrons. The Balaban J connectivity index is 2.86. The van der Waals surface area contributed by atoms with Crippen LogP contribution in [-0.2, 0) is 6.54 Å². The molecule has 0 bridgehead atoms. The smallest absolute Gasteiger partial charge is 0.0316 e. The minimum atomic E-state index is 0.843. The Bertz CT molecular complexity index is 267. The number of nitrogens with zero attached hydrogens (tertiary/aromatic N) is 1. The summed E-state index contributed by atoms with van der Waals surface area (Å²) >= 11 is 0. The summed E-state index contributed by atoms with van der Waals surface area (Å²) in [5, 5.41) is 0. The summed E-state index contributed by atoms with van der Waals surface area (Å²) in [5.74, 6) is 0. The average Bonchev–Trinajstić information content (AvgIpc) is 1.94. The van der Waals surface area contributed by atoms with Crippen molar-refractivity contribution in [2.24, 2.45) is 0 Å². The number of hydrogen-bond donors (Lipinski definition) is 1. The highest BCUT2D eigenvalue weighted by Gasteiger charge is 1.99. The first-order valence-corrected chi connectivity index (χ1v) is 4.09. The zero-order valence-electron chi connectivity index (χ0n) is 7.96. The van der Waals surface area contributed by atoms with Crippen molar-refractivity contribution < 1.29 is 0 Å². The normalized spacial score (nSPS) is 10.7. The van der Waals surface area contributed by atoms with Gasteiger partial charge >= 0.3 is 0 Å². The molecule has 0 saturated heterocycles. The van der Waals surface area contributed by atoms with Crippen molar-refractivity contribution in [3.05, 3.63) is 29.3 Å². The van der Waals surface area contributed by atoms with E-state index in [-0.39, 0.29) is 0 Å². The molecule has 0 saturated carbocycles. The summed E-state index contributed by atoms with van der Waals surface area (Å²) in [6.45, 7) is 3.07. The van der Waals surface area contributed by atoms with Gasteiger partial charge in [0.1, 0.15) is 0 Å². The molecule has 2 N–H and O–H groups in total. The predicted molar refractivity (Wildman–Crippen MR) is 53.0 cm³/mol.